The van der Waals surface area contributed by atoms with Crippen LogP contribution in [0.3, 0.4) is 0 Å². The summed E-state index contributed by atoms with van der Waals surface area (Å²) in [4.78, 5) is 23.4. The van der Waals surface area contributed by atoms with Crippen LogP contribution in [0.5, 0.6) is 0 Å². The third-order valence-corrected chi connectivity index (χ3v) is 4.27. The van der Waals surface area contributed by atoms with Gasteiger partial charge in [0.1, 0.15) is 5.94 Å². The van der Waals surface area contributed by atoms with Gasteiger partial charge in [0.15, 0.2) is 0 Å². The molecule has 3 unspecified atom stereocenters. The Morgan fingerprint density at radius 3 is 1.96 bits per heavy atom. The van der Waals surface area contributed by atoms with E-state index in [0.29, 0.717) is 0 Å². The van der Waals surface area contributed by atoms with Gasteiger partial charge < -0.3 is 5.11 Å². The van der Waals surface area contributed by atoms with Gasteiger partial charge in [0.05, 0.1) is 5.92 Å². The number of carboxylic acids is 1. The molecular formula is C20H16O3. The average molecular weight is 304 g/mol. The van der Waals surface area contributed by atoms with Gasteiger partial charge in [-0.2, -0.15) is 0 Å². The van der Waals surface area contributed by atoms with Crippen LogP contribution in [-0.2, 0) is 9.59 Å². The van der Waals surface area contributed by atoms with Crippen LogP contribution in [0, 0.1) is 5.92 Å². The summed E-state index contributed by atoms with van der Waals surface area (Å²) < 4.78 is 0. The fraction of sp³-hybridized carbons (Fsp3) is 0.150. The maximum Gasteiger partial charge on any atom is 0.312 e. The molecule has 1 aliphatic carbocycles. The maximum absolute atomic E-state index is 11.9. The van der Waals surface area contributed by atoms with Crippen molar-refractivity contribution in [3.63, 3.8) is 0 Å². The number of allylic oxidation sites excluding steroid dienone is 2. The van der Waals surface area contributed by atoms with E-state index in [9.17, 15) is 14.7 Å². The van der Waals surface area contributed by atoms with E-state index in [4.69, 9.17) is 0 Å². The van der Waals surface area contributed by atoms with Gasteiger partial charge in [0, 0.05) is 17.4 Å². The van der Waals surface area contributed by atoms with E-state index in [2.05, 4.69) is 0 Å². The number of hydrogen-bond acceptors (Lipinski definition) is 2. The van der Waals surface area contributed by atoms with Gasteiger partial charge in [-0.1, -0.05) is 72.8 Å². The minimum Gasteiger partial charge on any atom is -0.481 e. The Kier molecular flexibility index (Phi) is 4.22. The lowest BCUT2D eigenvalue weighted by molar-refractivity contribution is -0.140. The molecule has 114 valence electrons. The van der Waals surface area contributed by atoms with Crippen molar-refractivity contribution in [3.8, 4) is 0 Å². The minimum atomic E-state index is -0.998. The van der Waals surface area contributed by atoms with Crippen molar-refractivity contribution in [3.05, 3.63) is 89.5 Å². The predicted octanol–water partition coefficient (Wildman–Crippen LogP) is 3.58. The lowest BCUT2D eigenvalue weighted by Crippen LogP contribution is -2.29. The van der Waals surface area contributed by atoms with Crippen LogP contribution in [0.25, 0.3) is 0 Å². The average Bonchev–Trinajstić information content (AvgIpc) is 2.61. The molecule has 1 N–H and O–H groups in total. The van der Waals surface area contributed by atoms with E-state index in [1.54, 1.807) is 0 Å². The second kappa shape index (κ2) is 6.47. The van der Waals surface area contributed by atoms with Crippen molar-refractivity contribution in [2.24, 2.45) is 5.92 Å². The molecule has 0 aromatic heterocycles. The number of rotatable bonds is 3. The summed E-state index contributed by atoms with van der Waals surface area (Å²) in [5.41, 5.74) is 2.07. The summed E-state index contributed by atoms with van der Waals surface area (Å²) in [7, 11) is 0. The molecule has 1 aliphatic rings. The Balaban J connectivity index is 2.09. The second-order valence-corrected chi connectivity index (χ2v) is 5.58. The van der Waals surface area contributed by atoms with Crippen LogP contribution in [0.2, 0.25) is 0 Å². The molecule has 0 fully saturated rings. The Morgan fingerprint density at radius 2 is 1.43 bits per heavy atom. The van der Waals surface area contributed by atoms with Gasteiger partial charge in [0.25, 0.3) is 0 Å². The first-order valence-corrected chi connectivity index (χ1v) is 7.48. The van der Waals surface area contributed by atoms with Crippen molar-refractivity contribution in [2.45, 2.75) is 11.8 Å². The normalized spacial score (nSPS) is 23.3. The molecule has 0 saturated heterocycles. The van der Waals surface area contributed by atoms with E-state index < -0.39 is 11.9 Å². The zero-order valence-corrected chi connectivity index (χ0v) is 12.4. The molecule has 0 saturated carbocycles. The summed E-state index contributed by atoms with van der Waals surface area (Å²) in [6, 6.07) is 18.8. The molecule has 3 nitrogen and oxygen atoms in total. The third kappa shape index (κ3) is 2.87. The molecule has 0 bridgehead atoms. The Bertz CT molecular complexity index is 771. The molecule has 0 radical (unpaired) electrons. The van der Waals surface area contributed by atoms with Gasteiger partial charge >= 0.3 is 5.97 Å². The van der Waals surface area contributed by atoms with Gasteiger partial charge in [-0.3, -0.25) is 4.79 Å². The van der Waals surface area contributed by atoms with E-state index in [0.717, 1.165) is 11.1 Å². The van der Waals surface area contributed by atoms with Gasteiger partial charge in [0.2, 0.25) is 0 Å². The fourth-order valence-corrected chi connectivity index (χ4v) is 3.18. The highest BCUT2D eigenvalue weighted by Gasteiger charge is 2.38. The van der Waals surface area contributed by atoms with Crippen molar-refractivity contribution < 1.29 is 14.7 Å². The quantitative estimate of drug-likeness (QED) is 0.696. The Labute approximate surface area is 134 Å². The standard InChI is InChI=1S/C20H16O3/c21-13-18-16(14-7-3-1-4-8-14)11-12-17(19(18)20(22)23)15-9-5-2-6-10-15/h1-12,16-17,19H,(H,22,23). The predicted molar refractivity (Wildman–Crippen MR) is 87.8 cm³/mol. The largest absolute Gasteiger partial charge is 0.481 e. The van der Waals surface area contributed by atoms with Gasteiger partial charge in [-0.15, -0.1) is 0 Å². The van der Waals surface area contributed by atoms with Crippen molar-refractivity contribution in [1.29, 1.82) is 0 Å². The number of hydrogen-bond donors (Lipinski definition) is 1. The van der Waals surface area contributed by atoms with E-state index in [1.165, 1.54) is 0 Å². The summed E-state index contributed by atoms with van der Waals surface area (Å²) >= 11 is 0. The molecule has 0 amide bonds. The third-order valence-electron chi connectivity index (χ3n) is 4.27. The van der Waals surface area contributed by atoms with E-state index in [1.807, 2.05) is 78.8 Å². The van der Waals surface area contributed by atoms with Crippen LogP contribution in [0.1, 0.15) is 23.0 Å². The van der Waals surface area contributed by atoms with Crippen LogP contribution in [0.4, 0.5) is 0 Å². The number of carbonyl (C=O) groups excluding carboxylic acids is 1. The van der Waals surface area contributed by atoms with E-state index >= 15 is 0 Å². The van der Waals surface area contributed by atoms with E-state index in [-0.39, 0.29) is 17.4 Å². The van der Waals surface area contributed by atoms with Crippen molar-refractivity contribution in [1.82, 2.24) is 0 Å². The molecule has 3 rings (SSSR count). The highest BCUT2D eigenvalue weighted by molar-refractivity contribution is 5.81. The first-order valence-electron chi connectivity index (χ1n) is 7.48. The molecule has 3 heteroatoms. The highest BCUT2D eigenvalue weighted by atomic mass is 16.4. The van der Waals surface area contributed by atoms with Gasteiger partial charge in [-0.05, 0) is 11.1 Å². The number of benzene rings is 2. The summed E-state index contributed by atoms with van der Waals surface area (Å²) in [6.45, 7) is 0. The molecule has 0 spiro atoms. The number of aliphatic carboxylic acids is 1. The summed E-state index contributed by atoms with van der Waals surface area (Å²) in [5, 5.41) is 9.70. The molecule has 3 atom stereocenters. The molecule has 0 aliphatic heterocycles. The van der Waals surface area contributed by atoms with Crippen LogP contribution < -0.4 is 0 Å². The Morgan fingerprint density at radius 1 is 0.870 bits per heavy atom. The van der Waals surface area contributed by atoms with Crippen LogP contribution >= 0.6 is 0 Å². The van der Waals surface area contributed by atoms with Crippen molar-refractivity contribution >= 4 is 11.9 Å². The maximum atomic E-state index is 11.9. The number of carbonyl (C=O) groups is 1. The zero-order chi connectivity index (χ0) is 16.2. The monoisotopic (exact) mass is 304 g/mol. The molecule has 0 heterocycles. The summed E-state index contributed by atoms with van der Waals surface area (Å²) in [5.74, 6) is -0.672. The lowest BCUT2D eigenvalue weighted by Gasteiger charge is -2.30. The lowest BCUT2D eigenvalue weighted by atomic mass is 9.71. The Hall–Kier alpha value is -2.90. The smallest absolute Gasteiger partial charge is 0.312 e. The van der Waals surface area contributed by atoms with Gasteiger partial charge in [-0.25, -0.2) is 4.79 Å². The minimum absolute atomic E-state index is 0.278. The fourth-order valence-electron chi connectivity index (χ4n) is 3.18. The topological polar surface area (TPSA) is 54.4 Å². The van der Waals surface area contributed by atoms with Crippen molar-refractivity contribution in [2.75, 3.05) is 0 Å². The summed E-state index contributed by atoms with van der Waals surface area (Å²) in [6.07, 6.45) is 3.80. The number of carboxylic acid groups (broad SMARTS) is 1. The first kappa shape index (κ1) is 15.0. The molecule has 2 aromatic rings. The first-order chi connectivity index (χ1) is 11.2. The molecular weight excluding hydrogens is 288 g/mol. The van der Waals surface area contributed by atoms with Crippen LogP contribution in [0.15, 0.2) is 78.4 Å². The zero-order valence-electron chi connectivity index (χ0n) is 12.4. The molecule has 2 aromatic carbocycles. The SMILES string of the molecule is O=C=C1C(c2ccccc2)C=CC(c2ccccc2)C1C(=O)O. The second-order valence-electron chi connectivity index (χ2n) is 5.58. The van der Waals surface area contributed by atoms with Crippen LogP contribution in [-0.4, -0.2) is 17.0 Å². The highest BCUT2D eigenvalue weighted by Crippen LogP contribution is 2.42. The molecule has 23 heavy (non-hydrogen) atoms.